The highest BCUT2D eigenvalue weighted by Gasteiger charge is 2.32. The highest BCUT2D eigenvalue weighted by atomic mass is 32.2. The third-order valence-corrected chi connectivity index (χ3v) is 4.20. The molecule has 1 aliphatic rings. The Morgan fingerprint density at radius 1 is 1.38 bits per heavy atom. The van der Waals surface area contributed by atoms with Crippen molar-refractivity contribution in [2.24, 2.45) is 0 Å². The van der Waals surface area contributed by atoms with E-state index in [-0.39, 0.29) is 4.93 Å². The average Bonchev–Trinajstić information content (AvgIpc) is 2.04. The van der Waals surface area contributed by atoms with Crippen LogP contribution in [0.5, 0.6) is 0 Å². The summed E-state index contributed by atoms with van der Waals surface area (Å²) in [4.78, 5) is 0.118. The number of rotatable bonds is 4. The first kappa shape index (κ1) is 11.4. The van der Waals surface area contributed by atoms with Gasteiger partial charge in [-0.3, -0.25) is 0 Å². The molecule has 13 heavy (non-hydrogen) atoms. The minimum absolute atomic E-state index is 0.118. The summed E-state index contributed by atoms with van der Waals surface area (Å²) in [5.41, 5.74) is 0. The second-order valence-corrected chi connectivity index (χ2v) is 5.82. The Balaban J connectivity index is 2.39. The molecule has 0 aromatic rings. The van der Waals surface area contributed by atoms with Crippen LogP contribution < -0.4 is 0 Å². The van der Waals surface area contributed by atoms with Gasteiger partial charge < -0.3 is 4.74 Å². The lowest BCUT2D eigenvalue weighted by atomic mass is 10.2. The van der Waals surface area contributed by atoms with Crippen molar-refractivity contribution in [3.8, 4) is 0 Å². The maximum absolute atomic E-state index is 5.85. The molecule has 0 saturated carbocycles. The Bertz CT molecular complexity index is 143. The second-order valence-electron chi connectivity index (χ2n) is 4.05. The molecule has 0 bridgehead atoms. The Hall–Kier alpha value is 0.310. The maximum atomic E-state index is 5.85. The van der Waals surface area contributed by atoms with Gasteiger partial charge in [0, 0.05) is 11.9 Å². The van der Waals surface area contributed by atoms with Crippen LogP contribution in [0.3, 0.4) is 0 Å². The fourth-order valence-corrected chi connectivity index (χ4v) is 3.71. The van der Waals surface area contributed by atoms with Gasteiger partial charge in [0.05, 0.1) is 0 Å². The van der Waals surface area contributed by atoms with Gasteiger partial charge in [0.15, 0.2) is 0 Å². The zero-order chi connectivity index (χ0) is 9.73. The van der Waals surface area contributed by atoms with Crippen molar-refractivity contribution >= 4 is 11.8 Å². The summed E-state index contributed by atoms with van der Waals surface area (Å²) < 4.78 is 5.85. The fourth-order valence-electron chi connectivity index (χ4n) is 1.96. The van der Waals surface area contributed by atoms with Gasteiger partial charge in [-0.1, -0.05) is 26.7 Å². The third kappa shape index (κ3) is 3.51. The van der Waals surface area contributed by atoms with E-state index in [1.165, 1.54) is 32.1 Å². The number of hydrogen-bond acceptors (Lipinski definition) is 2. The Morgan fingerprint density at radius 3 is 2.77 bits per heavy atom. The molecular weight excluding hydrogens is 180 g/mol. The second kappa shape index (κ2) is 5.26. The summed E-state index contributed by atoms with van der Waals surface area (Å²) in [6.45, 7) is 7.73. The van der Waals surface area contributed by atoms with Crippen LogP contribution in [0.2, 0.25) is 0 Å². The van der Waals surface area contributed by atoms with E-state index in [2.05, 4.69) is 32.5 Å². The van der Waals surface area contributed by atoms with E-state index in [0.29, 0.717) is 0 Å². The molecule has 0 aliphatic carbocycles. The van der Waals surface area contributed by atoms with Crippen molar-refractivity contribution in [3.63, 3.8) is 0 Å². The normalized spacial score (nSPS) is 34.8. The van der Waals surface area contributed by atoms with E-state index < -0.39 is 0 Å². The first-order chi connectivity index (χ1) is 6.20. The summed E-state index contributed by atoms with van der Waals surface area (Å²) in [5.74, 6) is 0. The molecule has 0 aromatic heterocycles. The zero-order valence-electron chi connectivity index (χ0n) is 9.14. The Kier molecular flexibility index (Phi) is 4.60. The molecule has 2 heteroatoms. The molecule has 0 amide bonds. The van der Waals surface area contributed by atoms with Gasteiger partial charge in [0.1, 0.15) is 4.93 Å². The topological polar surface area (TPSA) is 9.23 Å². The summed E-state index contributed by atoms with van der Waals surface area (Å²) in [7, 11) is 0. The summed E-state index contributed by atoms with van der Waals surface area (Å²) >= 11 is 2.06. The van der Waals surface area contributed by atoms with Gasteiger partial charge in [-0.05, 0) is 26.2 Å². The Labute approximate surface area is 86.6 Å². The summed E-state index contributed by atoms with van der Waals surface area (Å²) in [6, 6.07) is 0. The van der Waals surface area contributed by atoms with Crippen LogP contribution >= 0.6 is 11.8 Å². The van der Waals surface area contributed by atoms with Crippen molar-refractivity contribution in [1.29, 1.82) is 0 Å². The summed E-state index contributed by atoms with van der Waals surface area (Å²) in [5, 5.41) is 0.843. The molecule has 1 nitrogen and oxygen atoms in total. The van der Waals surface area contributed by atoms with Gasteiger partial charge in [-0.15, -0.1) is 11.8 Å². The van der Waals surface area contributed by atoms with Gasteiger partial charge in [0.25, 0.3) is 0 Å². The molecule has 2 unspecified atom stereocenters. The van der Waals surface area contributed by atoms with Crippen molar-refractivity contribution in [3.05, 3.63) is 0 Å². The number of hydrogen-bond donors (Lipinski definition) is 0. The van der Waals surface area contributed by atoms with Gasteiger partial charge in [-0.25, -0.2) is 0 Å². The smallest absolute Gasteiger partial charge is 0.111 e. The van der Waals surface area contributed by atoms with E-state index in [4.69, 9.17) is 4.74 Å². The molecule has 1 aliphatic heterocycles. The number of ether oxygens (including phenoxy) is 1. The van der Waals surface area contributed by atoms with Crippen LogP contribution in [0.4, 0.5) is 0 Å². The molecular formula is C11H22OS. The average molecular weight is 202 g/mol. The molecule has 1 saturated heterocycles. The molecule has 1 rings (SSSR count). The minimum Gasteiger partial charge on any atom is -0.365 e. The fraction of sp³-hybridized carbons (Fsp3) is 1.00. The predicted octanol–water partition coefficient (Wildman–Crippen LogP) is 3.82. The highest BCUT2D eigenvalue weighted by Crippen LogP contribution is 2.41. The zero-order valence-corrected chi connectivity index (χ0v) is 9.95. The third-order valence-electron chi connectivity index (χ3n) is 2.58. The van der Waals surface area contributed by atoms with Crippen molar-refractivity contribution in [1.82, 2.24) is 0 Å². The van der Waals surface area contributed by atoms with E-state index in [1.54, 1.807) is 0 Å². The van der Waals surface area contributed by atoms with Crippen LogP contribution in [-0.2, 0) is 4.74 Å². The Morgan fingerprint density at radius 2 is 2.15 bits per heavy atom. The van der Waals surface area contributed by atoms with E-state index >= 15 is 0 Å². The highest BCUT2D eigenvalue weighted by molar-refractivity contribution is 8.01. The predicted molar refractivity (Wildman–Crippen MR) is 60.2 cm³/mol. The molecule has 78 valence electrons. The standard InChI is InChI=1S/C11H22OS/c1-4-6-10-7-9-12-11(3,13-10)8-5-2/h10H,4-9H2,1-3H3. The van der Waals surface area contributed by atoms with Crippen LogP contribution in [0.25, 0.3) is 0 Å². The van der Waals surface area contributed by atoms with E-state index in [9.17, 15) is 0 Å². The molecule has 0 N–H and O–H groups in total. The minimum atomic E-state index is 0.118. The molecule has 2 atom stereocenters. The van der Waals surface area contributed by atoms with Crippen LogP contribution in [0.1, 0.15) is 52.9 Å². The lowest BCUT2D eigenvalue weighted by Gasteiger charge is -2.37. The largest absolute Gasteiger partial charge is 0.365 e. The van der Waals surface area contributed by atoms with Crippen molar-refractivity contribution in [2.75, 3.05) is 6.61 Å². The van der Waals surface area contributed by atoms with Crippen molar-refractivity contribution < 1.29 is 4.74 Å². The SMILES string of the molecule is CCCC1CCOC(C)(CCC)S1. The van der Waals surface area contributed by atoms with Gasteiger partial charge >= 0.3 is 0 Å². The lowest BCUT2D eigenvalue weighted by molar-refractivity contribution is 0.0210. The van der Waals surface area contributed by atoms with Gasteiger partial charge in [-0.2, -0.15) is 0 Å². The van der Waals surface area contributed by atoms with Crippen LogP contribution in [0.15, 0.2) is 0 Å². The number of thioether (sulfide) groups is 1. The molecule has 1 heterocycles. The molecule has 1 fully saturated rings. The van der Waals surface area contributed by atoms with Crippen molar-refractivity contribution in [2.45, 2.75) is 63.1 Å². The van der Waals surface area contributed by atoms with Crippen LogP contribution in [0, 0.1) is 0 Å². The maximum Gasteiger partial charge on any atom is 0.111 e. The molecule has 0 aromatic carbocycles. The first-order valence-electron chi connectivity index (χ1n) is 5.52. The first-order valence-corrected chi connectivity index (χ1v) is 6.40. The molecule has 0 spiro atoms. The van der Waals surface area contributed by atoms with E-state index in [0.717, 1.165) is 11.9 Å². The molecule has 0 radical (unpaired) electrons. The van der Waals surface area contributed by atoms with Crippen LogP contribution in [-0.4, -0.2) is 16.8 Å². The quantitative estimate of drug-likeness (QED) is 0.685. The summed E-state index contributed by atoms with van der Waals surface area (Å²) in [6.07, 6.45) is 6.32. The monoisotopic (exact) mass is 202 g/mol. The lowest BCUT2D eigenvalue weighted by Crippen LogP contribution is -2.33. The van der Waals surface area contributed by atoms with E-state index in [1.807, 2.05) is 0 Å². The van der Waals surface area contributed by atoms with Gasteiger partial charge in [0.2, 0.25) is 0 Å².